The first-order chi connectivity index (χ1) is 14.2. The van der Waals surface area contributed by atoms with Crippen LogP contribution >= 0.6 is 11.6 Å². The maximum absolute atomic E-state index is 12.7. The number of sulfonamides is 1. The van der Waals surface area contributed by atoms with Gasteiger partial charge in [-0.2, -0.15) is 0 Å². The van der Waals surface area contributed by atoms with Crippen molar-refractivity contribution < 1.29 is 23.1 Å². The molecule has 0 aromatic heterocycles. The molecule has 0 saturated heterocycles. The van der Waals surface area contributed by atoms with E-state index >= 15 is 0 Å². The van der Waals surface area contributed by atoms with E-state index in [1.165, 1.54) is 42.5 Å². The number of rotatable bonds is 6. The molecule has 0 atom stereocenters. The average molecular weight is 445 g/mol. The van der Waals surface area contributed by atoms with Crippen molar-refractivity contribution in [3.63, 3.8) is 0 Å². The molecule has 7 nitrogen and oxygen atoms in total. The van der Waals surface area contributed by atoms with Gasteiger partial charge in [0, 0.05) is 11.4 Å². The highest BCUT2D eigenvalue weighted by atomic mass is 35.5. The highest BCUT2D eigenvalue weighted by molar-refractivity contribution is 7.92. The van der Waals surface area contributed by atoms with Crippen molar-refractivity contribution in [1.29, 1.82) is 0 Å². The van der Waals surface area contributed by atoms with E-state index in [0.29, 0.717) is 5.69 Å². The zero-order valence-electron chi connectivity index (χ0n) is 15.7. The summed E-state index contributed by atoms with van der Waals surface area (Å²) in [5.74, 6) is -1.67. The molecule has 0 aliphatic rings. The van der Waals surface area contributed by atoms with Crippen LogP contribution in [0, 0.1) is 6.92 Å². The van der Waals surface area contributed by atoms with Gasteiger partial charge in [0.15, 0.2) is 0 Å². The first-order valence-electron chi connectivity index (χ1n) is 8.69. The summed E-state index contributed by atoms with van der Waals surface area (Å²) in [7, 11) is -4.03. The fourth-order valence-electron chi connectivity index (χ4n) is 2.58. The number of carbonyl (C=O) groups is 2. The molecular weight excluding hydrogens is 428 g/mol. The molecule has 0 saturated carbocycles. The van der Waals surface area contributed by atoms with Crippen LogP contribution in [0.4, 0.5) is 11.4 Å². The Morgan fingerprint density at radius 2 is 1.50 bits per heavy atom. The number of carbonyl (C=O) groups excluding carboxylic acids is 1. The Hall–Kier alpha value is -3.36. The Balaban J connectivity index is 1.84. The largest absolute Gasteiger partial charge is 0.478 e. The number of amides is 1. The Kier molecular flexibility index (Phi) is 6.09. The number of hydrogen-bond acceptors (Lipinski definition) is 4. The molecule has 0 radical (unpaired) electrons. The number of anilines is 2. The Morgan fingerprint density at radius 1 is 0.900 bits per heavy atom. The number of carboxylic acid groups (broad SMARTS) is 1. The van der Waals surface area contributed by atoms with Crippen molar-refractivity contribution in [3.8, 4) is 0 Å². The molecule has 30 heavy (non-hydrogen) atoms. The van der Waals surface area contributed by atoms with E-state index in [2.05, 4.69) is 10.0 Å². The van der Waals surface area contributed by atoms with Crippen molar-refractivity contribution in [2.24, 2.45) is 0 Å². The standard InChI is InChI=1S/C21H17ClN2O5S/c1-13-2-6-15(7-3-13)23-20(25)18-12-17(10-11-19(18)22)30(28,29)24-16-8-4-14(5-9-16)21(26)27/h2-12,24H,1H3,(H,23,25)(H,26,27). The first-order valence-corrected chi connectivity index (χ1v) is 10.6. The molecule has 0 heterocycles. The Morgan fingerprint density at radius 3 is 2.10 bits per heavy atom. The Bertz CT molecular complexity index is 1210. The number of aryl methyl sites for hydroxylation is 1. The number of halogens is 1. The quantitative estimate of drug-likeness (QED) is 0.521. The Labute approximate surface area is 178 Å². The molecule has 3 aromatic rings. The number of benzene rings is 3. The summed E-state index contributed by atoms with van der Waals surface area (Å²) in [4.78, 5) is 23.3. The third kappa shape index (κ3) is 4.97. The SMILES string of the molecule is Cc1ccc(NC(=O)c2cc(S(=O)(=O)Nc3ccc(C(=O)O)cc3)ccc2Cl)cc1. The minimum absolute atomic E-state index is 0.00124. The van der Waals surface area contributed by atoms with Crippen molar-refractivity contribution in [2.75, 3.05) is 10.0 Å². The maximum atomic E-state index is 12.7. The van der Waals surface area contributed by atoms with Crippen LogP contribution in [0.2, 0.25) is 5.02 Å². The summed E-state index contributed by atoms with van der Waals surface area (Å²) in [6.07, 6.45) is 0. The van der Waals surface area contributed by atoms with Crippen molar-refractivity contribution in [2.45, 2.75) is 11.8 Å². The molecule has 3 rings (SSSR count). The molecule has 0 spiro atoms. The van der Waals surface area contributed by atoms with Gasteiger partial charge >= 0.3 is 5.97 Å². The van der Waals surface area contributed by atoms with Crippen LogP contribution in [0.5, 0.6) is 0 Å². The molecule has 0 bridgehead atoms. The van der Waals surface area contributed by atoms with Crippen LogP contribution in [0.3, 0.4) is 0 Å². The molecule has 0 aliphatic carbocycles. The molecule has 0 unspecified atom stereocenters. The molecule has 1 amide bonds. The van der Waals surface area contributed by atoms with Gasteiger partial charge in [0.05, 0.1) is 21.0 Å². The minimum Gasteiger partial charge on any atom is -0.478 e. The second kappa shape index (κ2) is 8.56. The minimum atomic E-state index is -4.03. The topological polar surface area (TPSA) is 113 Å². The number of carboxylic acids is 1. The van der Waals surface area contributed by atoms with Gasteiger partial charge in [-0.15, -0.1) is 0 Å². The van der Waals surface area contributed by atoms with Gasteiger partial charge in [0.25, 0.3) is 15.9 Å². The normalized spacial score (nSPS) is 11.0. The fourth-order valence-corrected chi connectivity index (χ4v) is 3.86. The van der Waals surface area contributed by atoms with E-state index in [4.69, 9.17) is 16.7 Å². The summed E-state index contributed by atoms with van der Waals surface area (Å²) >= 11 is 6.11. The van der Waals surface area contributed by atoms with Crippen molar-refractivity contribution >= 4 is 44.9 Å². The van der Waals surface area contributed by atoms with E-state index in [0.717, 1.165) is 5.56 Å². The zero-order chi connectivity index (χ0) is 21.9. The smallest absolute Gasteiger partial charge is 0.335 e. The molecular formula is C21H17ClN2O5S. The predicted octanol–water partition coefficient (Wildman–Crippen LogP) is 4.40. The van der Waals surface area contributed by atoms with E-state index in [9.17, 15) is 18.0 Å². The fraction of sp³-hybridized carbons (Fsp3) is 0.0476. The third-order valence-corrected chi connectivity index (χ3v) is 5.89. The highest BCUT2D eigenvalue weighted by Gasteiger charge is 2.19. The van der Waals surface area contributed by atoms with Gasteiger partial charge in [-0.3, -0.25) is 9.52 Å². The second-order valence-corrected chi connectivity index (χ2v) is 8.54. The van der Waals surface area contributed by atoms with Crippen LogP contribution in [-0.4, -0.2) is 25.4 Å². The maximum Gasteiger partial charge on any atom is 0.335 e. The van der Waals surface area contributed by atoms with E-state index < -0.39 is 21.9 Å². The van der Waals surface area contributed by atoms with Crippen LogP contribution in [0.15, 0.2) is 71.6 Å². The third-order valence-electron chi connectivity index (χ3n) is 4.19. The summed E-state index contributed by atoms with van der Waals surface area (Å²) in [6, 6.07) is 16.1. The molecule has 3 N–H and O–H groups in total. The molecule has 9 heteroatoms. The van der Waals surface area contributed by atoms with Gasteiger partial charge < -0.3 is 10.4 Å². The number of nitrogens with one attached hydrogen (secondary N) is 2. The summed E-state index contributed by atoms with van der Waals surface area (Å²) in [5, 5.41) is 11.7. The van der Waals surface area contributed by atoms with Gasteiger partial charge in [-0.25, -0.2) is 13.2 Å². The summed E-state index contributed by atoms with van der Waals surface area (Å²) < 4.78 is 27.7. The molecule has 154 valence electrons. The summed E-state index contributed by atoms with van der Waals surface area (Å²) in [6.45, 7) is 1.92. The molecule has 0 aliphatic heterocycles. The first kappa shape index (κ1) is 21.4. The highest BCUT2D eigenvalue weighted by Crippen LogP contribution is 2.24. The zero-order valence-corrected chi connectivity index (χ0v) is 17.3. The van der Waals surface area contributed by atoms with Gasteiger partial charge in [-0.1, -0.05) is 29.3 Å². The average Bonchev–Trinajstić information content (AvgIpc) is 2.70. The van der Waals surface area contributed by atoms with E-state index in [1.54, 1.807) is 12.1 Å². The van der Waals surface area contributed by atoms with Crippen LogP contribution in [-0.2, 0) is 10.0 Å². The number of hydrogen-bond donors (Lipinski definition) is 3. The predicted molar refractivity (Wildman–Crippen MR) is 115 cm³/mol. The van der Waals surface area contributed by atoms with Crippen LogP contribution in [0.25, 0.3) is 0 Å². The lowest BCUT2D eigenvalue weighted by molar-refractivity contribution is 0.0696. The second-order valence-electron chi connectivity index (χ2n) is 6.45. The lowest BCUT2D eigenvalue weighted by Gasteiger charge is -2.11. The summed E-state index contributed by atoms with van der Waals surface area (Å²) in [5.41, 5.74) is 1.79. The van der Waals surface area contributed by atoms with Gasteiger partial charge in [0.1, 0.15) is 0 Å². The van der Waals surface area contributed by atoms with Gasteiger partial charge in [-0.05, 0) is 61.5 Å². The number of aromatic carboxylic acids is 1. The van der Waals surface area contributed by atoms with E-state index in [1.807, 2.05) is 19.1 Å². The lowest BCUT2D eigenvalue weighted by atomic mass is 10.2. The molecule has 3 aromatic carbocycles. The van der Waals surface area contributed by atoms with Crippen LogP contribution < -0.4 is 10.0 Å². The van der Waals surface area contributed by atoms with Crippen molar-refractivity contribution in [1.82, 2.24) is 0 Å². The van der Waals surface area contributed by atoms with Crippen molar-refractivity contribution in [3.05, 3.63) is 88.4 Å². The molecule has 0 fully saturated rings. The monoisotopic (exact) mass is 444 g/mol. The van der Waals surface area contributed by atoms with Gasteiger partial charge in [0.2, 0.25) is 0 Å². The van der Waals surface area contributed by atoms with Crippen LogP contribution in [0.1, 0.15) is 26.3 Å². The van der Waals surface area contributed by atoms with E-state index in [-0.39, 0.29) is 26.7 Å². The lowest BCUT2D eigenvalue weighted by Crippen LogP contribution is -2.16.